The standard InChI is InChI=1S/C43H56N4O8S/c1-42(21-22-42)56(52,53)46-41(51)43-25-30(43)16-8-4-2-3-6-14-29-23-38(49)55-37-20-12-15-28(37)13-7-5-9-19-34-39(45-33-18-11-10-17-32(33)44-34)54-31-24-35(36(48)26-43)47(27-31)40(29)50/h8,10-11,16-18,28-31,35,37H,2-7,9,12-15,19-27H2,1H3,(H,46,51)/t28-,29-,30-,31-,35+,37-,43-/m1/s1. The Bertz CT molecular complexity index is 2000. The summed E-state index contributed by atoms with van der Waals surface area (Å²) in [5.74, 6) is -1.90. The van der Waals surface area contributed by atoms with Gasteiger partial charge in [0, 0.05) is 18.8 Å². The minimum atomic E-state index is -3.93. The van der Waals surface area contributed by atoms with Crippen LogP contribution in [0.5, 0.6) is 5.88 Å². The monoisotopic (exact) mass is 788 g/mol. The number of fused-ring (bicyclic) bond motifs is 6. The Morgan fingerprint density at radius 1 is 0.911 bits per heavy atom. The van der Waals surface area contributed by atoms with E-state index in [0.29, 0.717) is 49.4 Å². The van der Waals surface area contributed by atoms with Crippen LogP contribution in [0.15, 0.2) is 36.4 Å². The Morgan fingerprint density at radius 3 is 2.46 bits per heavy atom. The number of ether oxygens (including phenoxy) is 2. The predicted octanol–water partition coefficient (Wildman–Crippen LogP) is 6.30. The van der Waals surface area contributed by atoms with Gasteiger partial charge >= 0.3 is 5.97 Å². The number of Topliss-reactive ketones (excluding diaryl/α,β-unsaturated/α-hetero) is 1. The quantitative estimate of drug-likeness (QED) is 0.276. The lowest BCUT2D eigenvalue weighted by Crippen LogP contribution is -2.47. The summed E-state index contributed by atoms with van der Waals surface area (Å²) in [6.45, 7) is 1.74. The zero-order valence-electron chi connectivity index (χ0n) is 32.6. The van der Waals surface area contributed by atoms with E-state index in [1.165, 1.54) is 0 Å². The molecule has 1 saturated heterocycles. The Morgan fingerprint density at radius 2 is 1.66 bits per heavy atom. The van der Waals surface area contributed by atoms with Gasteiger partial charge in [-0.1, -0.05) is 50.0 Å². The lowest BCUT2D eigenvalue weighted by Gasteiger charge is -2.29. The van der Waals surface area contributed by atoms with Crippen LogP contribution in [0.4, 0.5) is 0 Å². The molecule has 7 atom stereocenters. The van der Waals surface area contributed by atoms with Gasteiger partial charge in [0.1, 0.15) is 17.9 Å². The van der Waals surface area contributed by atoms with Gasteiger partial charge in [0.2, 0.25) is 27.7 Å². The molecule has 56 heavy (non-hydrogen) atoms. The second kappa shape index (κ2) is 15.8. The summed E-state index contributed by atoms with van der Waals surface area (Å²) in [6.07, 6.45) is 15.5. The highest BCUT2D eigenvalue weighted by Gasteiger charge is 2.62. The molecule has 4 fully saturated rings. The molecule has 0 unspecified atom stereocenters. The van der Waals surface area contributed by atoms with Crippen molar-refractivity contribution >= 4 is 44.6 Å². The van der Waals surface area contributed by atoms with Gasteiger partial charge in [0.15, 0.2) is 5.78 Å². The number of amides is 2. The number of rotatable bonds is 3. The number of nitrogens with one attached hydrogen (secondary N) is 1. The summed E-state index contributed by atoms with van der Waals surface area (Å²) < 4.78 is 40.6. The van der Waals surface area contributed by atoms with Crippen molar-refractivity contribution in [2.24, 2.45) is 23.2 Å². The molecular formula is C43H56N4O8S. The van der Waals surface area contributed by atoms with Crippen molar-refractivity contribution in [2.45, 2.75) is 152 Å². The fourth-order valence-electron chi connectivity index (χ4n) is 9.64. The van der Waals surface area contributed by atoms with Crippen LogP contribution < -0.4 is 9.46 Å². The Labute approximate surface area is 330 Å². The van der Waals surface area contributed by atoms with Gasteiger partial charge in [-0.05, 0) is 108 Å². The van der Waals surface area contributed by atoms with Gasteiger partial charge < -0.3 is 14.4 Å². The number of para-hydroxylation sites is 2. The number of benzene rings is 1. The fourth-order valence-corrected chi connectivity index (χ4v) is 11.0. The summed E-state index contributed by atoms with van der Waals surface area (Å²) >= 11 is 0. The lowest BCUT2D eigenvalue weighted by molar-refractivity contribution is -0.155. The van der Waals surface area contributed by atoms with Crippen LogP contribution in [-0.2, 0) is 40.4 Å². The number of carbonyl (C=O) groups excluding carboxylic acids is 4. The first-order valence-electron chi connectivity index (χ1n) is 21.1. The molecule has 12 nitrogen and oxygen atoms in total. The van der Waals surface area contributed by atoms with Crippen molar-refractivity contribution in [3.63, 3.8) is 0 Å². The molecule has 1 N–H and O–H groups in total. The third kappa shape index (κ3) is 8.11. The van der Waals surface area contributed by atoms with Crippen molar-refractivity contribution in [3.05, 3.63) is 42.1 Å². The highest BCUT2D eigenvalue weighted by atomic mass is 32.2. The summed E-state index contributed by atoms with van der Waals surface area (Å²) in [6, 6.07) is 6.72. The lowest BCUT2D eigenvalue weighted by atomic mass is 9.90. The molecule has 3 saturated carbocycles. The normalized spacial score (nSPS) is 32.7. The zero-order valence-corrected chi connectivity index (χ0v) is 33.4. The molecule has 0 radical (unpaired) electrons. The van der Waals surface area contributed by atoms with Gasteiger partial charge in [0.25, 0.3) is 0 Å². The third-order valence-corrected chi connectivity index (χ3v) is 15.8. The third-order valence-electron chi connectivity index (χ3n) is 13.6. The smallest absolute Gasteiger partial charge is 0.306 e. The van der Waals surface area contributed by atoms with Crippen molar-refractivity contribution in [2.75, 3.05) is 6.54 Å². The van der Waals surface area contributed by atoms with E-state index in [1.54, 1.807) is 11.8 Å². The van der Waals surface area contributed by atoms with Crippen LogP contribution in [-0.4, -0.2) is 76.4 Å². The zero-order chi connectivity index (χ0) is 39.1. The molecule has 1 aromatic carbocycles. The summed E-state index contributed by atoms with van der Waals surface area (Å²) in [7, 11) is -3.93. The SMILES string of the molecule is CC1(S(=O)(=O)NC(=O)[C@]23CC(=O)[C@@H]4C[C@@H]5CN4C(=O)[C@H](CCCCCC=C[C@@H]2C3)CC(=O)O[C@@H]2CCC[C@H]2CCCCCc2nc3ccccc3nc2O5)CC1. The first kappa shape index (κ1) is 39.0. The maximum Gasteiger partial charge on any atom is 0.306 e. The van der Waals surface area contributed by atoms with Crippen LogP contribution >= 0.6 is 0 Å². The minimum absolute atomic E-state index is 0.0593. The number of hydrogen-bond acceptors (Lipinski definition) is 10. The molecule has 3 bridgehead atoms. The number of aryl methyl sites for hydroxylation is 1. The molecule has 0 spiro atoms. The van der Waals surface area contributed by atoms with Crippen LogP contribution in [0.2, 0.25) is 0 Å². The van der Waals surface area contributed by atoms with E-state index in [2.05, 4.69) is 4.72 Å². The van der Waals surface area contributed by atoms with Crippen molar-refractivity contribution in [1.82, 2.24) is 19.6 Å². The van der Waals surface area contributed by atoms with Gasteiger partial charge in [-0.25, -0.2) is 18.4 Å². The van der Waals surface area contributed by atoms with E-state index in [-0.39, 0.29) is 55.5 Å². The number of allylic oxidation sites excluding steroid dienone is 2. The molecule has 13 heteroatoms. The second-order valence-corrected chi connectivity index (χ2v) is 19.9. The molecular weight excluding hydrogens is 733 g/mol. The minimum Gasteiger partial charge on any atom is -0.471 e. The second-order valence-electron chi connectivity index (χ2n) is 17.7. The molecule has 1 aromatic heterocycles. The largest absolute Gasteiger partial charge is 0.471 e. The molecule has 2 aromatic rings. The summed E-state index contributed by atoms with van der Waals surface area (Å²) in [5, 5.41) is 0. The number of carbonyl (C=O) groups is 4. The summed E-state index contributed by atoms with van der Waals surface area (Å²) in [5.41, 5.74) is 0.972. The average Bonchev–Trinajstić information content (AvgIpc) is 3.97. The maximum atomic E-state index is 14.8. The molecule has 6 aliphatic rings. The van der Waals surface area contributed by atoms with Crippen molar-refractivity contribution < 1.29 is 37.1 Å². The fraction of sp³-hybridized carbons (Fsp3) is 0.674. The first-order valence-corrected chi connectivity index (χ1v) is 22.6. The number of esters is 1. The topological polar surface area (TPSA) is 162 Å². The Balaban J connectivity index is 1.13. The molecule has 3 aliphatic heterocycles. The number of ketones is 1. The van der Waals surface area contributed by atoms with E-state index < -0.39 is 44.2 Å². The van der Waals surface area contributed by atoms with Gasteiger partial charge in [-0.2, -0.15) is 0 Å². The maximum absolute atomic E-state index is 14.8. The number of sulfonamides is 1. The van der Waals surface area contributed by atoms with Crippen LogP contribution in [0, 0.1) is 23.2 Å². The van der Waals surface area contributed by atoms with E-state index in [4.69, 9.17) is 19.4 Å². The summed E-state index contributed by atoms with van der Waals surface area (Å²) in [4.78, 5) is 68.5. The molecule has 302 valence electrons. The number of nitrogens with zero attached hydrogens (tertiary/aromatic N) is 3. The highest BCUT2D eigenvalue weighted by Crippen LogP contribution is 2.57. The van der Waals surface area contributed by atoms with E-state index in [9.17, 15) is 27.6 Å². The molecule has 8 rings (SSSR count). The number of aromatic nitrogens is 2. The van der Waals surface area contributed by atoms with Crippen molar-refractivity contribution in [3.8, 4) is 5.88 Å². The van der Waals surface area contributed by atoms with E-state index in [1.807, 2.05) is 36.4 Å². The molecule has 4 heterocycles. The van der Waals surface area contributed by atoms with E-state index >= 15 is 0 Å². The molecule has 2 amide bonds. The highest BCUT2D eigenvalue weighted by molar-refractivity contribution is 7.91. The van der Waals surface area contributed by atoms with Gasteiger partial charge in [0.05, 0.1) is 40.2 Å². The molecule has 3 aliphatic carbocycles. The average molecular weight is 789 g/mol. The Hall–Kier alpha value is -3.87. The van der Waals surface area contributed by atoms with E-state index in [0.717, 1.165) is 81.8 Å². The van der Waals surface area contributed by atoms with Crippen LogP contribution in [0.3, 0.4) is 0 Å². The predicted molar refractivity (Wildman–Crippen MR) is 209 cm³/mol. The van der Waals surface area contributed by atoms with Crippen LogP contribution in [0.1, 0.15) is 128 Å². The van der Waals surface area contributed by atoms with Crippen molar-refractivity contribution in [1.29, 1.82) is 0 Å². The van der Waals surface area contributed by atoms with Gasteiger partial charge in [-0.15, -0.1) is 0 Å². The van der Waals surface area contributed by atoms with Crippen LogP contribution in [0.25, 0.3) is 11.0 Å². The Kier molecular flexibility index (Phi) is 11.0. The first-order chi connectivity index (χ1) is 26.9. The van der Waals surface area contributed by atoms with Gasteiger partial charge in [-0.3, -0.25) is 23.9 Å². The number of hydrogen-bond donors (Lipinski definition) is 1.